The Balaban J connectivity index is 0.968. The third-order valence-corrected chi connectivity index (χ3v) is 12.7. The van der Waals surface area contributed by atoms with Crippen molar-refractivity contribution < 1.29 is 4.42 Å². The average Bonchev–Trinajstić information content (AvgIpc) is 3.76. The van der Waals surface area contributed by atoms with Gasteiger partial charge in [-0.25, -0.2) is 0 Å². The largest absolute Gasteiger partial charge is 0.455 e. The second-order valence-corrected chi connectivity index (χ2v) is 16.4. The number of rotatable bonds is 8. The number of nitrogens with zero attached hydrogens (tertiary/aromatic N) is 1. The van der Waals surface area contributed by atoms with Crippen LogP contribution in [0.4, 0.5) is 17.1 Å². The van der Waals surface area contributed by atoms with Crippen molar-refractivity contribution in [2.24, 2.45) is 0 Å². The molecule has 0 N–H and O–H groups in total. The molecule has 0 bridgehead atoms. The summed E-state index contributed by atoms with van der Waals surface area (Å²) in [5.41, 5.74) is 16.9. The zero-order valence-electron chi connectivity index (χ0n) is 35.0. The SMILES string of the molecule is c1ccc(-c2ccc(N(c3ccc(-c4ccc5c(c4)c(-c4ccccc4)c(-c4ccccc4)c4ccccc45)cc3)c3ccc(-c4cccc5c4oc4ccccc45)cc3)cc2)cc1. The lowest BCUT2D eigenvalue weighted by Crippen LogP contribution is -2.09. The summed E-state index contributed by atoms with van der Waals surface area (Å²) >= 11 is 0. The molecule has 0 saturated heterocycles. The molecule has 0 saturated carbocycles. The van der Waals surface area contributed by atoms with Gasteiger partial charge in [-0.3, -0.25) is 0 Å². The zero-order valence-corrected chi connectivity index (χ0v) is 35.0. The lowest BCUT2D eigenvalue weighted by Gasteiger charge is -2.26. The number of furan rings is 1. The standard InChI is InChI=1S/C62H41NO/c1-4-15-42(16-5-1)43-27-34-49(35-28-43)63(51-38-31-45(32-39-51)52-24-14-25-57-55-22-12-13-26-59(55)64-62(52)57)50-36-29-44(30-37-50)48-33-40-54-53-21-10-11-23-56(53)60(46-17-6-2-7-18-46)61(58(54)41-48)47-19-8-3-9-20-47/h1-41H. The fraction of sp³-hybridized carbons (Fsp3) is 0. The third-order valence-electron chi connectivity index (χ3n) is 12.7. The van der Waals surface area contributed by atoms with E-state index >= 15 is 0 Å². The van der Waals surface area contributed by atoms with Gasteiger partial charge >= 0.3 is 0 Å². The van der Waals surface area contributed by atoms with Gasteiger partial charge in [0.1, 0.15) is 11.2 Å². The molecule has 0 spiro atoms. The minimum absolute atomic E-state index is 0.904. The monoisotopic (exact) mass is 815 g/mol. The lowest BCUT2D eigenvalue weighted by molar-refractivity contribution is 0.670. The van der Waals surface area contributed by atoms with Crippen LogP contribution in [0, 0.1) is 0 Å². The molecule has 0 radical (unpaired) electrons. The van der Waals surface area contributed by atoms with Crippen molar-refractivity contribution in [2.45, 2.75) is 0 Å². The van der Waals surface area contributed by atoms with Crippen molar-refractivity contribution >= 4 is 60.5 Å². The molecule has 0 amide bonds. The molecule has 0 unspecified atom stereocenters. The second-order valence-electron chi connectivity index (χ2n) is 16.4. The van der Waals surface area contributed by atoms with Gasteiger partial charge in [-0.15, -0.1) is 0 Å². The number of hydrogen-bond acceptors (Lipinski definition) is 2. The van der Waals surface area contributed by atoms with E-state index in [0.29, 0.717) is 0 Å². The summed E-state index contributed by atoms with van der Waals surface area (Å²) in [6.45, 7) is 0. The number of fused-ring (bicyclic) bond motifs is 6. The van der Waals surface area contributed by atoms with E-state index in [1.807, 2.05) is 12.1 Å². The molecule has 0 aliphatic rings. The number of para-hydroxylation sites is 2. The molecule has 0 aliphatic carbocycles. The molecule has 300 valence electrons. The van der Waals surface area contributed by atoms with E-state index in [-0.39, 0.29) is 0 Å². The van der Waals surface area contributed by atoms with Crippen LogP contribution >= 0.6 is 0 Å². The highest BCUT2D eigenvalue weighted by Crippen LogP contribution is 2.46. The van der Waals surface area contributed by atoms with Crippen LogP contribution in [-0.2, 0) is 0 Å². The van der Waals surface area contributed by atoms with Crippen LogP contribution in [0.25, 0.3) is 99.1 Å². The smallest absolute Gasteiger partial charge is 0.143 e. The summed E-state index contributed by atoms with van der Waals surface area (Å²) in [6.07, 6.45) is 0. The Kier molecular flexibility index (Phi) is 9.20. The molecule has 11 aromatic carbocycles. The summed E-state index contributed by atoms with van der Waals surface area (Å²) in [6, 6.07) is 89.6. The van der Waals surface area contributed by atoms with Gasteiger partial charge in [0.15, 0.2) is 0 Å². The molecule has 12 aromatic rings. The highest BCUT2D eigenvalue weighted by Gasteiger charge is 2.20. The second kappa shape index (κ2) is 15.8. The van der Waals surface area contributed by atoms with E-state index in [4.69, 9.17) is 4.42 Å². The molecule has 64 heavy (non-hydrogen) atoms. The predicted octanol–water partition coefficient (Wildman–Crippen LogP) is 17.7. The van der Waals surface area contributed by atoms with Crippen LogP contribution in [0.2, 0.25) is 0 Å². The summed E-state index contributed by atoms with van der Waals surface area (Å²) in [4.78, 5) is 2.34. The van der Waals surface area contributed by atoms with Crippen molar-refractivity contribution in [3.63, 3.8) is 0 Å². The first-order valence-electron chi connectivity index (χ1n) is 21.9. The normalized spacial score (nSPS) is 11.4. The minimum atomic E-state index is 0.904. The number of benzene rings is 11. The van der Waals surface area contributed by atoms with Crippen molar-refractivity contribution in [1.29, 1.82) is 0 Å². The highest BCUT2D eigenvalue weighted by atomic mass is 16.3. The summed E-state index contributed by atoms with van der Waals surface area (Å²) in [7, 11) is 0. The maximum absolute atomic E-state index is 6.44. The first-order chi connectivity index (χ1) is 31.7. The molecule has 1 aromatic heterocycles. The van der Waals surface area contributed by atoms with E-state index in [1.54, 1.807) is 0 Å². The Morgan fingerprint density at radius 1 is 0.250 bits per heavy atom. The van der Waals surface area contributed by atoms with E-state index in [0.717, 1.165) is 55.7 Å². The van der Waals surface area contributed by atoms with Crippen LogP contribution in [-0.4, -0.2) is 0 Å². The fourth-order valence-corrected chi connectivity index (χ4v) is 9.63. The van der Waals surface area contributed by atoms with Gasteiger partial charge in [0, 0.05) is 33.4 Å². The van der Waals surface area contributed by atoms with Gasteiger partial charge in [0.05, 0.1) is 0 Å². The Hall–Kier alpha value is -8.46. The summed E-state index contributed by atoms with van der Waals surface area (Å²) in [5.74, 6) is 0. The first-order valence-corrected chi connectivity index (χ1v) is 21.9. The number of anilines is 3. The Bertz CT molecular complexity index is 3610. The number of hydrogen-bond donors (Lipinski definition) is 0. The maximum atomic E-state index is 6.44. The van der Waals surface area contributed by atoms with E-state index < -0.39 is 0 Å². The molecule has 2 nitrogen and oxygen atoms in total. The van der Waals surface area contributed by atoms with E-state index in [1.165, 1.54) is 60.5 Å². The van der Waals surface area contributed by atoms with Crippen molar-refractivity contribution in [2.75, 3.05) is 4.90 Å². The maximum Gasteiger partial charge on any atom is 0.143 e. The Morgan fingerprint density at radius 2 is 0.672 bits per heavy atom. The van der Waals surface area contributed by atoms with Crippen LogP contribution in [0.5, 0.6) is 0 Å². The van der Waals surface area contributed by atoms with Gasteiger partial charge in [-0.05, 0) is 120 Å². The Morgan fingerprint density at radius 3 is 1.28 bits per heavy atom. The van der Waals surface area contributed by atoms with Crippen LogP contribution in [0.1, 0.15) is 0 Å². The van der Waals surface area contributed by atoms with Gasteiger partial charge in [-0.2, -0.15) is 0 Å². The van der Waals surface area contributed by atoms with Gasteiger partial charge < -0.3 is 9.32 Å². The van der Waals surface area contributed by atoms with Crippen molar-refractivity contribution in [1.82, 2.24) is 0 Å². The van der Waals surface area contributed by atoms with Crippen LogP contribution < -0.4 is 4.90 Å². The molecular weight excluding hydrogens is 775 g/mol. The lowest BCUT2D eigenvalue weighted by atomic mass is 9.84. The molecular formula is C62H41NO. The molecule has 2 heteroatoms. The highest BCUT2D eigenvalue weighted by molar-refractivity contribution is 6.22. The van der Waals surface area contributed by atoms with Gasteiger partial charge in [0.25, 0.3) is 0 Å². The molecule has 1 heterocycles. The molecule has 12 rings (SSSR count). The van der Waals surface area contributed by atoms with Crippen LogP contribution in [0.15, 0.2) is 253 Å². The van der Waals surface area contributed by atoms with Crippen LogP contribution in [0.3, 0.4) is 0 Å². The molecule has 0 fully saturated rings. The topological polar surface area (TPSA) is 16.4 Å². The van der Waals surface area contributed by atoms with E-state index in [9.17, 15) is 0 Å². The molecule has 0 aliphatic heterocycles. The zero-order chi connectivity index (χ0) is 42.4. The van der Waals surface area contributed by atoms with Crippen molar-refractivity contribution in [3.8, 4) is 55.6 Å². The van der Waals surface area contributed by atoms with Gasteiger partial charge in [0.2, 0.25) is 0 Å². The van der Waals surface area contributed by atoms with Gasteiger partial charge in [-0.1, -0.05) is 200 Å². The predicted molar refractivity (Wildman–Crippen MR) is 271 cm³/mol. The minimum Gasteiger partial charge on any atom is -0.455 e. The van der Waals surface area contributed by atoms with E-state index in [2.05, 4.69) is 241 Å². The summed E-state index contributed by atoms with van der Waals surface area (Å²) in [5, 5.41) is 7.27. The quantitative estimate of drug-likeness (QED) is 0.142. The third kappa shape index (κ3) is 6.52. The average molecular weight is 816 g/mol. The first kappa shape index (κ1) is 37.3. The summed E-state index contributed by atoms with van der Waals surface area (Å²) < 4.78 is 6.44. The fourth-order valence-electron chi connectivity index (χ4n) is 9.63. The molecule has 0 atom stereocenters. The van der Waals surface area contributed by atoms with Crippen molar-refractivity contribution in [3.05, 3.63) is 249 Å². The Labute approximate surface area is 372 Å².